The van der Waals surface area contributed by atoms with Gasteiger partial charge in [0.1, 0.15) is 5.82 Å². The van der Waals surface area contributed by atoms with Gasteiger partial charge in [-0.3, -0.25) is 0 Å². The Morgan fingerprint density at radius 2 is 1.84 bits per heavy atom. The largest absolute Gasteiger partial charge is 0.340 e. The van der Waals surface area contributed by atoms with Crippen LogP contribution in [0.4, 0.5) is 11.5 Å². The minimum atomic E-state index is 0.528. The van der Waals surface area contributed by atoms with E-state index < -0.39 is 0 Å². The van der Waals surface area contributed by atoms with Crippen molar-refractivity contribution >= 4 is 27.4 Å². The van der Waals surface area contributed by atoms with Gasteiger partial charge in [0.2, 0.25) is 0 Å². The van der Waals surface area contributed by atoms with Crippen LogP contribution in [-0.4, -0.2) is 4.98 Å². The van der Waals surface area contributed by atoms with E-state index in [0.29, 0.717) is 5.92 Å². The minimum absolute atomic E-state index is 0.528. The van der Waals surface area contributed by atoms with Gasteiger partial charge >= 0.3 is 0 Å². The fourth-order valence-corrected chi connectivity index (χ4v) is 2.10. The summed E-state index contributed by atoms with van der Waals surface area (Å²) in [6, 6.07) is 8.60. The zero-order valence-corrected chi connectivity index (χ0v) is 13.4. The van der Waals surface area contributed by atoms with E-state index in [4.69, 9.17) is 0 Å². The number of anilines is 2. The predicted molar refractivity (Wildman–Crippen MR) is 85.2 cm³/mol. The molecule has 0 unspecified atom stereocenters. The number of hydrogen-bond acceptors (Lipinski definition) is 2. The smallest absolute Gasteiger partial charge is 0.130 e. The number of benzene rings is 1. The summed E-state index contributed by atoms with van der Waals surface area (Å²) in [6.45, 7) is 8.58. The first-order chi connectivity index (χ1) is 8.97. The molecule has 2 aromatic rings. The maximum Gasteiger partial charge on any atom is 0.130 e. The van der Waals surface area contributed by atoms with Crippen LogP contribution in [0.15, 0.2) is 34.9 Å². The number of hydrogen-bond donors (Lipinski definition) is 1. The van der Waals surface area contributed by atoms with Crippen molar-refractivity contribution in [2.75, 3.05) is 5.32 Å². The van der Waals surface area contributed by atoms with Crippen molar-refractivity contribution in [1.29, 1.82) is 0 Å². The van der Waals surface area contributed by atoms with Gasteiger partial charge in [0.05, 0.1) is 0 Å². The van der Waals surface area contributed by atoms with Crippen molar-refractivity contribution in [3.05, 3.63) is 51.6 Å². The molecule has 2 nitrogen and oxygen atoms in total. The van der Waals surface area contributed by atoms with Crippen molar-refractivity contribution in [3.8, 4) is 0 Å². The third-order valence-electron chi connectivity index (χ3n) is 3.24. The lowest BCUT2D eigenvalue weighted by atomic mass is 10.0. The first kappa shape index (κ1) is 14.1. The number of aryl methyl sites for hydroxylation is 2. The van der Waals surface area contributed by atoms with Crippen LogP contribution in [0.2, 0.25) is 0 Å². The summed E-state index contributed by atoms with van der Waals surface area (Å²) < 4.78 is 1.03. The normalized spacial score (nSPS) is 10.8. The van der Waals surface area contributed by atoms with Gasteiger partial charge in [-0.2, -0.15) is 0 Å². The zero-order chi connectivity index (χ0) is 14.0. The number of pyridine rings is 1. The summed E-state index contributed by atoms with van der Waals surface area (Å²) in [4.78, 5) is 4.39. The number of nitrogens with zero attached hydrogens (tertiary/aromatic N) is 1. The molecule has 0 aliphatic heterocycles. The lowest BCUT2D eigenvalue weighted by Crippen LogP contribution is -1.98. The Kier molecular flexibility index (Phi) is 4.25. The number of halogens is 1. The molecule has 0 spiro atoms. The first-order valence-electron chi connectivity index (χ1n) is 6.47. The minimum Gasteiger partial charge on any atom is -0.340 e. The van der Waals surface area contributed by atoms with E-state index in [-0.39, 0.29) is 0 Å². The summed E-state index contributed by atoms with van der Waals surface area (Å²) in [5.41, 5.74) is 4.87. The summed E-state index contributed by atoms with van der Waals surface area (Å²) in [5.74, 6) is 1.41. The highest BCUT2D eigenvalue weighted by Crippen LogP contribution is 2.26. The molecule has 0 saturated heterocycles. The van der Waals surface area contributed by atoms with Gasteiger partial charge in [0.25, 0.3) is 0 Å². The Balaban J connectivity index is 2.31. The van der Waals surface area contributed by atoms with E-state index in [1.807, 2.05) is 12.3 Å². The SMILES string of the molecule is Cc1cc(Nc2cc(C(C)C)ccc2C)ncc1Br. The molecular weight excluding hydrogens is 300 g/mol. The number of nitrogens with one attached hydrogen (secondary N) is 1. The molecule has 0 aliphatic carbocycles. The van der Waals surface area contributed by atoms with Crippen molar-refractivity contribution < 1.29 is 0 Å². The van der Waals surface area contributed by atoms with Crippen LogP contribution >= 0.6 is 15.9 Å². The third-order valence-corrected chi connectivity index (χ3v) is 4.07. The first-order valence-corrected chi connectivity index (χ1v) is 7.26. The Hall–Kier alpha value is -1.35. The van der Waals surface area contributed by atoms with Gasteiger partial charge < -0.3 is 5.32 Å². The molecular formula is C16H19BrN2. The van der Waals surface area contributed by atoms with Crippen LogP contribution < -0.4 is 5.32 Å². The Morgan fingerprint density at radius 1 is 1.11 bits per heavy atom. The second kappa shape index (κ2) is 5.74. The Bertz CT molecular complexity index is 591. The average Bonchev–Trinajstić information content (AvgIpc) is 2.36. The average molecular weight is 319 g/mol. The highest BCUT2D eigenvalue weighted by Gasteiger charge is 2.05. The van der Waals surface area contributed by atoms with Crippen LogP contribution in [0.3, 0.4) is 0 Å². The van der Waals surface area contributed by atoms with Crippen LogP contribution in [0.25, 0.3) is 0 Å². The van der Waals surface area contributed by atoms with E-state index in [9.17, 15) is 0 Å². The maximum atomic E-state index is 4.39. The molecule has 2 rings (SSSR count). The molecule has 0 aliphatic rings. The van der Waals surface area contributed by atoms with Gasteiger partial charge in [-0.1, -0.05) is 26.0 Å². The molecule has 100 valence electrons. The van der Waals surface area contributed by atoms with E-state index in [1.165, 1.54) is 16.7 Å². The van der Waals surface area contributed by atoms with E-state index in [1.54, 1.807) is 0 Å². The Labute approximate surface area is 123 Å². The van der Waals surface area contributed by atoms with Gasteiger partial charge in [0, 0.05) is 16.4 Å². The molecule has 0 radical (unpaired) electrons. The summed E-state index contributed by atoms with van der Waals surface area (Å²) >= 11 is 3.47. The molecule has 0 bridgehead atoms. The van der Waals surface area contributed by atoms with E-state index >= 15 is 0 Å². The lowest BCUT2D eigenvalue weighted by molar-refractivity contribution is 0.866. The van der Waals surface area contributed by atoms with Crippen molar-refractivity contribution in [2.24, 2.45) is 0 Å². The van der Waals surface area contributed by atoms with Gasteiger partial charge in [-0.25, -0.2) is 4.98 Å². The van der Waals surface area contributed by atoms with Crippen LogP contribution in [-0.2, 0) is 0 Å². The maximum absolute atomic E-state index is 4.39. The molecule has 1 aromatic heterocycles. The van der Waals surface area contributed by atoms with Crippen LogP contribution in [0, 0.1) is 13.8 Å². The third kappa shape index (κ3) is 3.35. The lowest BCUT2D eigenvalue weighted by Gasteiger charge is -2.13. The molecule has 0 saturated carbocycles. The van der Waals surface area contributed by atoms with Gasteiger partial charge in [-0.15, -0.1) is 0 Å². The quantitative estimate of drug-likeness (QED) is 0.827. The fraction of sp³-hybridized carbons (Fsp3) is 0.312. The fourth-order valence-electron chi connectivity index (χ4n) is 1.88. The zero-order valence-electron chi connectivity index (χ0n) is 11.8. The topological polar surface area (TPSA) is 24.9 Å². The van der Waals surface area contributed by atoms with Crippen LogP contribution in [0.1, 0.15) is 36.5 Å². The van der Waals surface area contributed by atoms with Crippen LogP contribution in [0.5, 0.6) is 0 Å². The van der Waals surface area contributed by atoms with Crippen molar-refractivity contribution in [1.82, 2.24) is 4.98 Å². The molecule has 3 heteroatoms. The summed E-state index contributed by atoms with van der Waals surface area (Å²) in [7, 11) is 0. The summed E-state index contributed by atoms with van der Waals surface area (Å²) in [5, 5.41) is 3.40. The molecule has 0 atom stereocenters. The van der Waals surface area contributed by atoms with Gasteiger partial charge in [-0.05, 0) is 64.5 Å². The highest BCUT2D eigenvalue weighted by molar-refractivity contribution is 9.10. The summed E-state index contributed by atoms with van der Waals surface area (Å²) in [6.07, 6.45) is 1.83. The predicted octanol–water partition coefficient (Wildman–Crippen LogP) is 5.33. The second-order valence-electron chi connectivity index (χ2n) is 5.17. The standard InChI is InChI=1S/C16H19BrN2/c1-10(2)13-6-5-11(3)15(8-13)19-16-7-12(4)14(17)9-18-16/h5-10H,1-4H3,(H,18,19). The number of rotatable bonds is 3. The molecule has 1 heterocycles. The molecule has 0 amide bonds. The highest BCUT2D eigenvalue weighted by atomic mass is 79.9. The molecule has 1 aromatic carbocycles. The Morgan fingerprint density at radius 3 is 2.47 bits per heavy atom. The molecule has 0 fully saturated rings. The van der Waals surface area contributed by atoms with E-state index in [2.05, 4.69) is 72.1 Å². The van der Waals surface area contributed by atoms with Gasteiger partial charge in [0.15, 0.2) is 0 Å². The molecule has 1 N–H and O–H groups in total. The van der Waals surface area contributed by atoms with Crippen molar-refractivity contribution in [3.63, 3.8) is 0 Å². The molecule has 19 heavy (non-hydrogen) atoms. The monoisotopic (exact) mass is 318 g/mol. The van der Waals surface area contributed by atoms with E-state index in [0.717, 1.165) is 16.0 Å². The van der Waals surface area contributed by atoms with Crippen molar-refractivity contribution in [2.45, 2.75) is 33.6 Å². The number of aromatic nitrogens is 1. The second-order valence-corrected chi connectivity index (χ2v) is 6.03.